The number of anilines is 4. The van der Waals surface area contributed by atoms with Gasteiger partial charge in [-0.15, -0.1) is 0 Å². The van der Waals surface area contributed by atoms with Crippen molar-refractivity contribution in [3.05, 3.63) is 48.0 Å². The molecule has 0 spiro atoms. The molecule has 2 aromatic rings. The minimum atomic E-state index is 0.0776. The van der Waals surface area contributed by atoms with Gasteiger partial charge in [-0.2, -0.15) is 0 Å². The predicted molar refractivity (Wildman–Crippen MR) is 77.7 cm³/mol. The van der Waals surface area contributed by atoms with Gasteiger partial charge in [0.25, 0.3) is 0 Å². The van der Waals surface area contributed by atoms with Crippen molar-refractivity contribution >= 4 is 28.7 Å². The van der Waals surface area contributed by atoms with Gasteiger partial charge in [0, 0.05) is 18.4 Å². The summed E-state index contributed by atoms with van der Waals surface area (Å²) in [6.45, 7) is 0. The highest BCUT2D eigenvalue weighted by molar-refractivity contribution is 6.07. The number of nitrogens with two attached hydrogens (primary N) is 1. The van der Waals surface area contributed by atoms with E-state index in [9.17, 15) is 4.79 Å². The fourth-order valence-corrected chi connectivity index (χ4v) is 2.42. The van der Waals surface area contributed by atoms with E-state index in [1.807, 2.05) is 49.5 Å². The molecule has 19 heavy (non-hydrogen) atoms. The van der Waals surface area contributed by atoms with Crippen molar-refractivity contribution in [1.29, 1.82) is 0 Å². The fourth-order valence-electron chi connectivity index (χ4n) is 2.42. The Balaban J connectivity index is 2.08. The van der Waals surface area contributed by atoms with Gasteiger partial charge in [-0.1, -0.05) is 6.07 Å². The lowest BCUT2D eigenvalue weighted by Gasteiger charge is -2.18. The predicted octanol–water partition coefficient (Wildman–Crippen LogP) is 2.53. The Kier molecular flexibility index (Phi) is 2.63. The highest BCUT2D eigenvalue weighted by Crippen LogP contribution is 2.37. The van der Waals surface area contributed by atoms with E-state index >= 15 is 0 Å². The molecule has 0 atom stereocenters. The highest BCUT2D eigenvalue weighted by Gasteiger charge is 2.28. The Morgan fingerprint density at radius 3 is 2.79 bits per heavy atom. The first-order chi connectivity index (χ1) is 9.19. The zero-order valence-electron chi connectivity index (χ0n) is 10.7. The molecule has 0 saturated heterocycles. The average Bonchev–Trinajstić information content (AvgIpc) is 2.73. The molecule has 4 nitrogen and oxygen atoms in total. The zero-order chi connectivity index (χ0) is 13.4. The van der Waals surface area contributed by atoms with E-state index in [4.69, 9.17) is 5.73 Å². The Morgan fingerprint density at radius 1 is 1.21 bits per heavy atom. The number of nitrogens with one attached hydrogen (secondary N) is 1. The summed E-state index contributed by atoms with van der Waals surface area (Å²) in [4.78, 5) is 13.9. The Hall–Kier alpha value is -2.49. The number of hydrogen-bond donors (Lipinski definition) is 2. The summed E-state index contributed by atoms with van der Waals surface area (Å²) in [5.74, 6) is 0.0776. The molecule has 1 heterocycles. The number of hydrogen-bond acceptors (Lipinski definition) is 3. The molecule has 0 unspecified atom stereocenters. The van der Waals surface area contributed by atoms with Crippen molar-refractivity contribution in [3.8, 4) is 0 Å². The van der Waals surface area contributed by atoms with Gasteiger partial charge in [0.05, 0.1) is 17.8 Å². The molecule has 96 valence electrons. The smallest absolute Gasteiger partial charge is 0.236 e. The molecular formula is C15H15N3O. The van der Waals surface area contributed by atoms with Crippen LogP contribution in [0.25, 0.3) is 0 Å². The van der Waals surface area contributed by atoms with Gasteiger partial charge in [-0.3, -0.25) is 9.69 Å². The van der Waals surface area contributed by atoms with E-state index in [1.54, 1.807) is 4.90 Å². The molecule has 1 aliphatic rings. The maximum Gasteiger partial charge on any atom is 0.236 e. The number of carbonyl (C=O) groups excluding carboxylic acids is 1. The first-order valence-corrected chi connectivity index (χ1v) is 6.18. The maximum absolute atomic E-state index is 12.2. The molecule has 3 rings (SSSR count). The SMILES string of the molecule is CNc1ccc2c(c1)CC(=O)N2c1cccc(N)c1. The molecule has 0 bridgehead atoms. The van der Waals surface area contributed by atoms with Crippen LogP contribution in [-0.4, -0.2) is 13.0 Å². The van der Waals surface area contributed by atoms with Crippen molar-refractivity contribution < 1.29 is 4.79 Å². The molecule has 0 aromatic heterocycles. The molecule has 0 fully saturated rings. The first kappa shape index (κ1) is 11.6. The van der Waals surface area contributed by atoms with Crippen LogP contribution in [0.2, 0.25) is 0 Å². The van der Waals surface area contributed by atoms with Crippen molar-refractivity contribution in [2.45, 2.75) is 6.42 Å². The van der Waals surface area contributed by atoms with E-state index in [0.717, 1.165) is 22.6 Å². The van der Waals surface area contributed by atoms with Crippen LogP contribution in [0, 0.1) is 0 Å². The van der Waals surface area contributed by atoms with Crippen molar-refractivity contribution in [1.82, 2.24) is 0 Å². The third-order valence-corrected chi connectivity index (χ3v) is 3.33. The lowest BCUT2D eigenvalue weighted by atomic mass is 10.1. The number of carbonyl (C=O) groups is 1. The minimum absolute atomic E-state index is 0.0776. The number of nitrogen functional groups attached to an aromatic ring is 1. The van der Waals surface area contributed by atoms with E-state index in [-0.39, 0.29) is 5.91 Å². The first-order valence-electron chi connectivity index (χ1n) is 6.18. The second kappa shape index (κ2) is 4.31. The van der Waals surface area contributed by atoms with Crippen LogP contribution < -0.4 is 16.0 Å². The van der Waals surface area contributed by atoms with Crippen LogP contribution >= 0.6 is 0 Å². The lowest BCUT2D eigenvalue weighted by Crippen LogP contribution is -2.20. The topological polar surface area (TPSA) is 58.4 Å². The second-order valence-corrected chi connectivity index (χ2v) is 4.59. The molecule has 4 heteroatoms. The fraction of sp³-hybridized carbons (Fsp3) is 0.133. The van der Waals surface area contributed by atoms with Crippen molar-refractivity contribution in [2.24, 2.45) is 0 Å². The van der Waals surface area contributed by atoms with Crippen LogP contribution in [-0.2, 0) is 11.2 Å². The zero-order valence-corrected chi connectivity index (χ0v) is 10.7. The second-order valence-electron chi connectivity index (χ2n) is 4.59. The van der Waals surface area contributed by atoms with Crippen LogP contribution in [0.1, 0.15) is 5.56 Å². The summed E-state index contributed by atoms with van der Waals surface area (Å²) in [5.41, 5.74) is 10.3. The Morgan fingerprint density at radius 2 is 2.05 bits per heavy atom. The van der Waals surface area contributed by atoms with E-state index < -0.39 is 0 Å². The van der Waals surface area contributed by atoms with E-state index in [1.165, 1.54) is 0 Å². The molecule has 2 aromatic carbocycles. The third kappa shape index (κ3) is 1.91. The van der Waals surface area contributed by atoms with Crippen molar-refractivity contribution in [2.75, 3.05) is 23.0 Å². The van der Waals surface area contributed by atoms with Gasteiger partial charge in [0.15, 0.2) is 0 Å². The molecule has 0 saturated carbocycles. The highest BCUT2D eigenvalue weighted by atomic mass is 16.2. The van der Waals surface area contributed by atoms with Crippen LogP contribution in [0.3, 0.4) is 0 Å². The molecular weight excluding hydrogens is 238 g/mol. The summed E-state index contributed by atoms with van der Waals surface area (Å²) < 4.78 is 0. The summed E-state index contributed by atoms with van der Waals surface area (Å²) in [6.07, 6.45) is 0.430. The van der Waals surface area contributed by atoms with Crippen LogP contribution in [0.5, 0.6) is 0 Å². The van der Waals surface area contributed by atoms with Gasteiger partial charge in [-0.05, 0) is 42.0 Å². The van der Waals surface area contributed by atoms with Crippen LogP contribution in [0.15, 0.2) is 42.5 Å². The quantitative estimate of drug-likeness (QED) is 0.809. The van der Waals surface area contributed by atoms with Gasteiger partial charge < -0.3 is 11.1 Å². The minimum Gasteiger partial charge on any atom is -0.399 e. The largest absolute Gasteiger partial charge is 0.399 e. The van der Waals surface area contributed by atoms with Gasteiger partial charge in [0.1, 0.15) is 0 Å². The molecule has 1 aliphatic heterocycles. The number of nitrogens with zero attached hydrogens (tertiary/aromatic N) is 1. The normalized spacial score (nSPS) is 13.5. The summed E-state index contributed by atoms with van der Waals surface area (Å²) in [5, 5.41) is 3.09. The number of benzene rings is 2. The summed E-state index contributed by atoms with van der Waals surface area (Å²) in [7, 11) is 1.87. The average molecular weight is 253 g/mol. The lowest BCUT2D eigenvalue weighted by molar-refractivity contribution is -0.116. The molecule has 0 aliphatic carbocycles. The Labute approximate surface area is 111 Å². The number of amides is 1. The van der Waals surface area contributed by atoms with Crippen LogP contribution in [0.4, 0.5) is 22.7 Å². The summed E-state index contributed by atoms with van der Waals surface area (Å²) >= 11 is 0. The van der Waals surface area contributed by atoms with E-state index in [2.05, 4.69) is 5.32 Å². The number of rotatable bonds is 2. The van der Waals surface area contributed by atoms with Gasteiger partial charge in [0.2, 0.25) is 5.91 Å². The monoisotopic (exact) mass is 253 g/mol. The molecule has 1 amide bonds. The maximum atomic E-state index is 12.2. The summed E-state index contributed by atoms with van der Waals surface area (Å²) in [6, 6.07) is 13.3. The van der Waals surface area contributed by atoms with Gasteiger partial charge in [-0.25, -0.2) is 0 Å². The molecule has 3 N–H and O–H groups in total. The standard InChI is InChI=1S/C15H15N3O/c1-17-12-5-6-14-10(7-12)8-15(19)18(14)13-4-2-3-11(16)9-13/h2-7,9,17H,8,16H2,1H3. The van der Waals surface area contributed by atoms with E-state index in [0.29, 0.717) is 12.1 Å². The van der Waals surface area contributed by atoms with Crippen molar-refractivity contribution in [3.63, 3.8) is 0 Å². The van der Waals surface area contributed by atoms with Gasteiger partial charge >= 0.3 is 0 Å². The number of fused-ring (bicyclic) bond motifs is 1. The molecule has 0 radical (unpaired) electrons. The Bertz CT molecular complexity index is 652. The third-order valence-electron chi connectivity index (χ3n) is 3.33.